The van der Waals surface area contributed by atoms with E-state index in [0.717, 1.165) is 21.3 Å². The van der Waals surface area contributed by atoms with Crippen LogP contribution >= 0.6 is 15.9 Å². The first-order valence-electron chi connectivity index (χ1n) is 4.37. The Morgan fingerprint density at radius 2 is 2.14 bits per heavy atom. The predicted molar refractivity (Wildman–Crippen MR) is 59.8 cm³/mol. The highest BCUT2D eigenvalue weighted by Gasteiger charge is 2.09. The highest BCUT2D eigenvalue weighted by atomic mass is 79.9. The third-order valence-corrected chi connectivity index (χ3v) is 2.82. The molecule has 0 aliphatic carbocycles. The fourth-order valence-electron chi connectivity index (χ4n) is 1.35. The molecule has 0 saturated carbocycles. The van der Waals surface area contributed by atoms with Crippen LogP contribution in [0.25, 0.3) is 0 Å². The summed E-state index contributed by atoms with van der Waals surface area (Å²) in [6.07, 6.45) is 0.443. The molecule has 0 aromatic heterocycles. The lowest BCUT2D eigenvalue weighted by atomic mass is 10.1. The highest BCUT2D eigenvalue weighted by Crippen LogP contribution is 2.30. The Labute approximate surface area is 92.4 Å². The number of halogens is 1. The molecule has 2 nitrogen and oxygen atoms in total. The van der Waals surface area contributed by atoms with Crippen LogP contribution in [0, 0.1) is 6.92 Å². The standard InChI is InChI=1S/C11H13BrO2/c1-7-4-9(6-8(2)13)11(12)10(5-7)14-3/h4-5H,6H2,1-3H3. The molecule has 14 heavy (non-hydrogen) atoms. The first-order chi connectivity index (χ1) is 6.54. The van der Waals surface area contributed by atoms with E-state index >= 15 is 0 Å². The number of carbonyl (C=O) groups is 1. The van der Waals surface area contributed by atoms with Gasteiger partial charge in [-0.05, 0) is 47.0 Å². The smallest absolute Gasteiger partial charge is 0.134 e. The maximum Gasteiger partial charge on any atom is 0.134 e. The number of carbonyl (C=O) groups excluding carboxylic acids is 1. The number of ether oxygens (including phenoxy) is 1. The number of methoxy groups -OCH3 is 1. The average molecular weight is 257 g/mol. The van der Waals surface area contributed by atoms with Gasteiger partial charge in [0, 0.05) is 6.42 Å². The molecule has 0 amide bonds. The molecule has 1 aromatic rings. The third kappa shape index (κ3) is 2.58. The Hall–Kier alpha value is -0.830. The fourth-order valence-corrected chi connectivity index (χ4v) is 1.88. The second-order valence-electron chi connectivity index (χ2n) is 3.32. The lowest BCUT2D eigenvalue weighted by molar-refractivity contribution is -0.116. The van der Waals surface area contributed by atoms with Crippen molar-refractivity contribution < 1.29 is 9.53 Å². The van der Waals surface area contributed by atoms with E-state index in [1.165, 1.54) is 0 Å². The molecular formula is C11H13BrO2. The summed E-state index contributed by atoms with van der Waals surface area (Å²) in [5.41, 5.74) is 2.08. The van der Waals surface area contributed by atoms with Gasteiger partial charge in [-0.1, -0.05) is 6.07 Å². The maximum absolute atomic E-state index is 11.0. The molecule has 1 rings (SSSR count). The summed E-state index contributed by atoms with van der Waals surface area (Å²) in [5, 5.41) is 0. The third-order valence-electron chi connectivity index (χ3n) is 1.92. The summed E-state index contributed by atoms with van der Waals surface area (Å²) < 4.78 is 6.07. The van der Waals surface area contributed by atoms with Gasteiger partial charge in [0.15, 0.2) is 0 Å². The minimum Gasteiger partial charge on any atom is -0.496 e. The number of hydrogen-bond acceptors (Lipinski definition) is 2. The number of ketones is 1. The molecule has 0 N–H and O–H groups in total. The zero-order valence-electron chi connectivity index (χ0n) is 8.56. The molecule has 0 heterocycles. The number of aryl methyl sites for hydroxylation is 1. The molecular weight excluding hydrogens is 244 g/mol. The van der Waals surface area contributed by atoms with Gasteiger partial charge in [0.05, 0.1) is 11.6 Å². The predicted octanol–water partition coefficient (Wildman–Crippen LogP) is 2.90. The van der Waals surface area contributed by atoms with Gasteiger partial charge in [0.25, 0.3) is 0 Å². The molecule has 76 valence electrons. The summed E-state index contributed by atoms with van der Waals surface area (Å²) in [5.74, 6) is 0.930. The molecule has 0 aliphatic heterocycles. The summed E-state index contributed by atoms with van der Waals surface area (Å²) in [7, 11) is 1.62. The van der Waals surface area contributed by atoms with Crippen molar-refractivity contribution in [1.29, 1.82) is 0 Å². The van der Waals surface area contributed by atoms with Gasteiger partial charge in [-0.25, -0.2) is 0 Å². The van der Waals surface area contributed by atoms with Crippen molar-refractivity contribution in [2.45, 2.75) is 20.3 Å². The first kappa shape index (κ1) is 11.2. The van der Waals surface area contributed by atoms with Gasteiger partial charge >= 0.3 is 0 Å². The fraction of sp³-hybridized carbons (Fsp3) is 0.364. The van der Waals surface area contributed by atoms with E-state index in [4.69, 9.17) is 4.74 Å². The summed E-state index contributed by atoms with van der Waals surface area (Å²) >= 11 is 3.43. The van der Waals surface area contributed by atoms with Gasteiger partial charge in [0.2, 0.25) is 0 Å². The molecule has 0 fully saturated rings. The molecule has 0 spiro atoms. The molecule has 3 heteroatoms. The van der Waals surface area contributed by atoms with E-state index < -0.39 is 0 Å². The van der Waals surface area contributed by atoms with Crippen molar-refractivity contribution in [3.8, 4) is 5.75 Å². The van der Waals surface area contributed by atoms with Gasteiger partial charge < -0.3 is 4.74 Å². The Bertz CT molecular complexity index is 359. The molecule has 0 aliphatic rings. The quantitative estimate of drug-likeness (QED) is 0.832. The van der Waals surface area contributed by atoms with Crippen LogP contribution in [0.15, 0.2) is 16.6 Å². The largest absolute Gasteiger partial charge is 0.496 e. The van der Waals surface area contributed by atoms with Gasteiger partial charge in [-0.15, -0.1) is 0 Å². The van der Waals surface area contributed by atoms with E-state index in [2.05, 4.69) is 15.9 Å². The zero-order valence-corrected chi connectivity index (χ0v) is 10.1. The highest BCUT2D eigenvalue weighted by molar-refractivity contribution is 9.10. The van der Waals surface area contributed by atoms with Crippen LogP contribution in [0.1, 0.15) is 18.1 Å². The molecule has 0 radical (unpaired) electrons. The van der Waals surface area contributed by atoms with Gasteiger partial charge in [-0.2, -0.15) is 0 Å². The molecule has 1 aromatic carbocycles. The Morgan fingerprint density at radius 3 is 2.64 bits per heavy atom. The second-order valence-corrected chi connectivity index (χ2v) is 4.11. The number of Topliss-reactive ketones (excluding diaryl/α,β-unsaturated/α-hetero) is 1. The van der Waals surface area contributed by atoms with Crippen LogP contribution in [-0.4, -0.2) is 12.9 Å². The minimum atomic E-state index is 0.151. The SMILES string of the molecule is COc1cc(C)cc(CC(C)=O)c1Br. The van der Waals surface area contributed by atoms with Gasteiger partial charge in [0.1, 0.15) is 11.5 Å². The van der Waals surface area contributed by atoms with E-state index in [1.807, 2.05) is 19.1 Å². The lowest BCUT2D eigenvalue weighted by Crippen LogP contribution is -1.99. The van der Waals surface area contributed by atoms with Crippen LogP contribution < -0.4 is 4.74 Å². The first-order valence-corrected chi connectivity index (χ1v) is 5.16. The number of hydrogen-bond donors (Lipinski definition) is 0. The minimum absolute atomic E-state index is 0.151. The van der Waals surface area contributed by atoms with Crippen molar-refractivity contribution in [2.75, 3.05) is 7.11 Å². The second kappa shape index (κ2) is 4.60. The topological polar surface area (TPSA) is 26.3 Å². The Morgan fingerprint density at radius 1 is 1.50 bits per heavy atom. The normalized spacial score (nSPS) is 10.0. The van der Waals surface area contributed by atoms with Crippen molar-refractivity contribution in [3.63, 3.8) is 0 Å². The molecule has 0 saturated heterocycles. The van der Waals surface area contributed by atoms with E-state index in [0.29, 0.717) is 6.42 Å². The number of rotatable bonds is 3. The summed E-state index contributed by atoms with van der Waals surface area (Å²) in [4.78, 5) is 11.0. The average Bonchev–Trinajstić information content (AvgIpc) is 2.09. The van der Waals surface area contributed by atoms with Crippen molar-refractivity contribution >= 4 is 21.7 Å². The summed E-state index contributed by atoms with van der Waals surface area (Å²) in [6.45, 7) is 3.57. The van der Waals surface area contributed by atoms with Crippen LogP contribution in [-0.2, 0) is 11.2 Å². The van der Waals surface area contributed by atoms with Gasteiger partial charge in [-0.3, -0.25) is 4.79 Å². The van der Waals surface area contributed by atoms with E-state index in [-0.39, 0.29) is 5.78 Å². The Kier molecular flexibility index (Phi) is 3.69. The van der Waals surface area contributed by atoms with Crippen LogP contribution in [0.2, 0.25) is 0 Å². The molecule has 0 atom stereocenters. The zero-order chi connectivity index (χ0) is 10.7. The summed E-state index contributed by atoms with van der Waals surface area (Å²) in [6, 6.07) is 3.93. The lowest BCUT2D eigenvalue weighted by Gasteiger charge is -2.09. The van der Waals surface area contributed by atoms with Crippen molar-refractivity contribution in [3.05, 3.63) is 27.7 Å². The molecule has 0 unspecified atom stereocenters. The molecule has 0 bridgehead atoms. The number of benzene rings is 1. The monoisotopic (exact) mass is 256 g/mol. The van der Waals surface area contributed by atoms with Crippen LogP contribution in [0.4, 0.5) is 0 Å². The van der Waals surface area contributed by atoms with E-state index in [9.17, 15) is 4.79 Å². The van der Waals surface area contributed by atoms with E-state index in [1.54, 1.807) is 14.0 Å². The van der Waals surface area contributed by atoms with Crippen molar-refractivity contribution in [2.24, 2.45) is 0 Å². The Balaban J connectivity index is 3.15. The van der Waals surface area contributed by atoms with Crippen LogP contribution in [0.5, 0.6) is 5.75 Å². The van der Waals surface area contributed by atoms with Crippen molar-refractivity contribution in [1.82, 2.24) is 0 Å². The maximum atomic E-state index is 11.0. The van der Waals surface area contributed by atoms with Crippen LogP contribution in [0.3, 0.4) is 0 Å².